The Kier molecular flexibility index (Phi) is 3.79. The molecule has 0 aromatic heterocycles. The third kappa shape index (κ3) is 2.90. The van der Waals surface area contributed by atoms with Gasteiger partial charge in [-0.3, -0.25) is 4.79 Å². The number of rotatable bonds is 4. The number of nitrogens with two attached hydrogens (primary N) is 1. The molecule has 2 aromatic carbocycles. The summed E-state index contributed by atoms with van der Waals surface area (Å²) in [5, 5.41) is 12.1. The van der Waals surface area contributed by atoms with Crippen LogP contribution in [0.3, 0.4) is 0 Å². The van der Waals surface area contributed by atoms with E-state index in [9.17, 15) is 4.79 Å². The molecule has 0 saturated heterocycles. The highest BCUT2D eigenvalue weighted by Gasteiger charge is 2.07. The van der Waals surface area contributed by atoms with E-state index in [4.69, 9.17) is 11.0 Å². The molecule has 0 spiro atoms. The van der Waals surface area contributed by atoms with Crippen LogP contribution in [0.2, 0.25) is 0 Å². The van der Waals surface area contributed by atoms with Crippen molar-refractivity contribution >= 4 is 11.6 Å². The number of anilines is 1. The van der Waals surface area contributed by atoms with Crippen LogP contribution in [0.4, 0.5) is 5.69 Å². The number of carbonyl (C=O) groups excluding carboxylic acids is 1. The summed E-state index contributed by atoms with van der Waals surface area (Å²) in [4.78, 5) is 11.3. The summed E-state index contributed by atoms with van der Waals surface area (Å²) in [5.74, 6) is -0.453. The van der Waals surface area contributed by atoms with Gasteiger partial charge in [-0.2, -0.15) is 5.26 Å². The lowest BCUT2D eigenvalue weighted by atomic mass is 10.1. The van der Waals surface area contributed by atoms with Crippen molar-refractivity contribution in [3.8, 4) is 6.07 Å². The Morgan fingerprint density at radius 3 is 2.58 bits per heavy atom. The minimum Gasteiger partial charge on any atom is -0.380 e. The van der Waals surface area contributed by atoms with Gasteiger partial charge >= 0.3 is 0 Å². The molecular formula is C15H13N3O. The molecule has 0 radical (unpaired) electrons. The molecule has 0 unspecified atom stereocenters. The fourth-order valence-electron chi connectivity index (χ4n) is 1.84. The molecule has 0 bridgehead atoms. The molecule has 94 valence electrons. The highest BCUT2D eigenvalue weighted by atomic mass is 16.1. The van der Waals surface area contributed by atoms with E-state index in [1.165, 1.54) is 0 Å². The summed E-state index contributed by atoms with van der Waals surface area (Å²) in [5.41, 5.74) is 7.93. The maximum atomic E-state index is 11.3. The average molecular weight is 251 g/mol. The van der Waals surface area contributed by atoms with E-state index in [0.29, 0.717) is 17.7 Å². The van der Waals surface area contributed by atoms with Crippen molar-refractivity contribution in [2.24, 2.45) is 5.73 Å². The van der Waals surface area contributed by atoms with Gasteiger partial charge < -0.3 is 11.1 Å². The van der Waals surface area contributed by atoms with Crippen molar-refractivity contribution in [3.63, 3.8) is 0 Å². The maximum absolute atomic E-state index is 11.3. The van der Waals surface area contributed by atoms with Crippen LogP contribution in [-0.4, -0.2) is 5.91 Å². The Morgan fingerprint density at radius 2 is 1.84 bits per heavy atom. The van der Waals surface area contributed by atoms with E-state index in [1.54, 1.807) is 24.3 Å². The zero-order valence-electron chi connectivity index (χ0n) is 10.3. The summed E-state index contributed by atoms with van der Waals surface area (Å²) in [6.45, 7) is 0.442. The molecule has 0 saturated carbocycles. The van der Waals surface area contributed by atoms with Gasteiger partial charge in [0.1, 0.15) is 6.07 Å². The van der Waals surface area contributed by atoms with Crippen LogP contribution >= 0.6 is 0 Å². The molecule has 2 rings (SSSR count). The van der Waals surface area contributed by atoms with E-state index in [0.717, 1.165) is 11.3 Å². The third-order valence-electron chi connectivity index (χ3n) is 2.80. The molecule has 0 heterocycles. The average Bonchev–Trinajstić information content (AvgIpc) is 2.45. The van der Waals surface area contributed by atoms with Crippen LogP contribution in [0.15, 0.2) is 48.5 Å². The number of amides is 1. The predicted molar refractivity (Wildman–Crippen MR) is 73.4 cm³/mol. The van der Waals surface area contributed by atoms with E-state index in [1.807, 2.05) is 24.3 Å². The first-order valence-electron chi connectivity index (χ1n) is 5.83. The Bertz CT molecular complexity index is 644. The quantitative estimate of drug-likeness (QED) is 0.874. The molecule has 4 nitrogen and oxygen atoms in total. The molecule has 4 heteroatoms. The highest BCUT2D eigenvalue weighted by molar-refractivity contribution is 5.94. The van der Waals surface area contributed by atoms with Crippen LogP contribution in [-0.2, 0) is 6.54 Å². The minimum absolute atomic E-state index is 0.442. The van der Waals surface area contributed by atoms with Gasteiger partial charge in [0.25, 0.3) is 0 Å². The van der Waals surface area contributed by atoms with Gasteiger partial charge in [0.05, 0.1) is 11.3 Å². The Hall–Kier alpha value is -2.80. The minimum atomic E-state index is -0.453. The van der Waals surface area contributed by atoms with Gasteiger partial charge in [0.15, 0.2) is 0 Å². The van der Waals surface area contributed by atoms with Gasteiger partial charge in [0.2, 0.25) is 5.91 Å². The highest BCUT2D eigenvalue weighted by Crippen LogP contribution is 2.16. The number of benzene rings is 2. The Balaban J connectivity index is 2.20. The largest absolute Gasteiger partial charge is 0.380 e. The summed E-state index contributed by atoms with van der Waals surface area (Å²) in [6, 6.07) is 16.5. The zero-order chi connectivity index (χ0) is 13.7. The summed E-state index contributed by atoms with van der Waals surface area (Å²) in [7, 11) is 0. The lowest BCUT2D eigenvalue weighted by Crippen LogP contribution is -2.15. The summed E-state index contributed by atoms with van der Waals surface area (Å²) >= 11 is 0. The van der Waals surface area contributed by atoms with Crippen LogP contribution in [0.1, 0.15) is 21.5 Å². The predicted octanol–water partition coefficient (Wildman–Crippen LogP) is 2.27. The number of carbonyl (C=O) groups is 1. The first-order chi connectivity index (χ1) is 9.22. The smallest absolute Gasteiger partial charge is 0.249 e. The van der Waals surface area contributed by atoms with Gasteiger partial charge in [-0.25, -0.2) is 0 Å². The van der Waals surface area contributed by atoms with Crippen molar-refractivity contribution in [1.82, 2.24) is 0 Å². The van der Waals surface area contributed by atoms with Crippen molar-refractivity contribution in [1.29, 1.82) is 5.26 Å². The molecule has 0 atom stereocenters. The van der Waals surface area contributed by atoms with E-state index >= 15 is 0 Å². The molecule has 0 fully saturated rings. The third-order valence-corrected chi connectivity index (χ3v) is 2.80. The van der Waals surface area contributed by atoms with Gasteiger partial charge in [0, 0.05) is 12.1 Å². The second-order valence-electron chi connectivity index (χ2n) is 4.03. The van der Waals surface area contributed by atoms with Crippen LogP contribution in [0.5, 0.6) is 0 Å². The van der Waals surface area contributed by atoms with Crippen molar-refractivity contribution in [2.45, 2.75) is 6.54 Å². The lowest BCUT2D eigenvalue weighted by molar-refractivity contribution is 0.0999. The zero-order valence-corrected chi connectivity index (χ0v) is 10.3. The lowest BCUT2D eigenvalue weighted by Gasteiger charge is -2.10. The molecular weight excluding hydrogens is 238 g/mol. The molecule has 3 N–H and O–H groups in total. The number of nitrogens with zero attached hydrogens (tertiary/aromatic N) is 1. The topological polar surface area (TPSA) is 78.9 Å². The van der Waals surface area contributed by atoms with Crippen molar-refractivity contribution in [2.75, 3.05) is 5.32 Å². The first kappa shape index (κ1) is 12.7. The SMILES string of the molecule is N#Cc1ccccc1NCc1ccccc1C(N)=O. The normalized spacial score (nSPS) is 9.63. The van der Waals surface area contributed by atoms with E-state index in [-0.39, 0.29) is 0 Å². The van der Waals surface area contributed by atoms with Crippen LogP contribution in [0, 0.1) is 11.3 Å². The summed E-state index contributed by atoms with van der Waals surface area (Å²) in [6.07, 6.45) is 0. The fourth-order valence-corrected chi connectivity index (χ4v) is 1.84. The first-order valence-corrected chi connectivity index (χ1v) is 5.83. The van der Waals surface area contributed by atoms with Gasteiger partial charge in [-0.05, 0) is 23.8 Å². The second kappa shape index (κ2) is 5.69. The van der Waals surface area contributed by atoms with Gasteiger partial charge in [-0.1, -0.05) is 30.3 Å². The molecule has 0 aliphatic rings. The van der Waals surface area contributed by atoms with Gasteiger partial charge in [-0.15, -0.1) is 0 Å². The molecule has 0 aliphatic carbocycles. The number of primary amides is 1. The number of para-hydroxylation sites is 1. The van der Waals surface area contributed by atoms with Crippen LogP contribution < -0.4 is 11.1 Å². The molecule has 1 amide bonds. The van der Waals surface area contributed by atoms with E-state index in [2.05, 4.69) is 11.4 Å². The Morgan fingerprint density at radius 1 is 1.16 bits per heavy atom. The standard InChI is InChI=1S/C15H13N3O/c16-9-11-5-2-4-8-14(11)18-10-12-6-1-3-7-13(12)15(17)19/h1-8,18H,10H2,(H2,17,19). The fraction of sp³-hybridized carbons (Fsp3) is 0.0667. The van der Waals surface area contributed by atoms with Crippen LogP contribution in [0.25, 0.3) is 0 Å². The summed E-state index contributed by atoms with van der Waals surface area (Å²) < 4.78 is 0. The maximum Gasteiger partial charge on any atom is 0.249 e. The Labute approximate surface area is 111 Å². The molecule has 19 heavy (non-hydrogen) atoms. The van der Waals surface area contributed by atoms with Crippen molar-refractivity contribution < 1.29 is 4.79 Å². The number of hydrogen-bond donors (Lipinski definition) is 2. The number of hydrogen-bond acceptors (Lipinski definition) is 3. The van der Waals surface area contributed by atoms with E-state index < -0.39 is 5.91 Å². The molecule has 0 aliphatic heterocycles. The molecule has 2 aromatic rings. The monoisotopic (exact) mass is 251 g/mol. The number of nitriles is 1. The van der Waals surface area contributed by atoms with Crippen molar-refractivity contribution in [3.05, 3.63) is 65.2 Å². The number of nitrogens with one attached hydrogen (secondary N) is 1. The second-order valence-corrected chi connectivity index (χ2v) is 4.03.